The van der Waals surface area contributed by atoms with Crippen LogP contribution in [-0.4, -0.2) is 16.2 Å². The topological polar surface area (TPSA) is 57.5 Å². The van der Waals surface area contributed by atoms with Gasteiger partial charge in [-0.25, -0.2) is 4.79 Å². The minimum atomic E-state index is -1.12. The van der Waals surface area contributed by atoms with Crippen molar-refractivity contribution in [2.75, 3.05) is 0 Å². The molecule has 0 aromatic heterocycles. The van der Waals surface area contributed by atoms with Crippen LogP contribution in [0.4, 0.5) is 0 Å². The molecule has 0 spiro atoms. The normalized spacial score (nSPS) is 11.8. The quantitative estimate of drug-likeness (QED) is 0.579. The lowest BCUT2D eigenvalue weighted by atomic mass is 9.94. The van der Waals surface area contributed by atoms with Crippen LogP contribution < -0.4 is 0 Å². The van der Waals surface area contributed by atoms with Crippen molar-refractivity contribution >= 4 is 5.97 Å². The number of aromatic hydroxyl groups is 1. The van der Waals surface area contributed by atoms with E-state index in [0.29, 0.717) is 5.56 Å². The van der Waals surface area contributed by atoms with E-state index in [4.69, 9.17) is 0 Å². The van der Waals surface area contributed by atoms with Gasteiger partial charge in [-0.15, -0.1) is 0 Å². The summed E-state index contributed by atoms with van der Waals surface area (Å²) >= 11 is 0. The number of aromatic carboxylic acids is 1. The highest BCUT2D eigenvalue weighted by Crippen LogP contribution is 2.43. The molecule has 3 aromatic carbocycles. The third-order valence-corrected chi connectivity index (χ3v) is 4.41. The molecule has 4 rings (SSSR count). The van der Waals surface area contributed by atoms with Crippen LogP contribution in [0.3, 0.4) is 0 Å². The summed E-state index contributed by atoms with van der Waals surface area (Å²) < 4.78 is 0. The average Bonchev–Trinajstić information content (AvgIpc) is 2.93. The van der Waals surface area contributed by atoms with Gasteiger partial charge in [0.25, 0.3) is 0 Å². The monoisotopic (exact) mass is 302 g/mol. The summed E-state index contributed by atoms with van der Waals surface area (Å²) in [5, 5.41) is 19.6. The van der Waals surface area contributed by atoms with E-state index in [1.165, 1.54) is 17.2 Å². The van der Waals surface area contributed by atoms with Crippen molar-refractivity contribution in [2.24, 2.45) is 0 Å². The van der Waals surface area contributed by atoms with Crippen molar-refractivity contribution in [3.63, 3.8) is 0 Å². The zero-order chi connectivity index (χ0) is 16.0. The molecular weight excluding hydrogens is 288 g/mol. The van der Waals surface area contributed by atoms with Crippen molar-refractivity contribution in [1.82, 2.24) is 0 Å². The fourth-order valence-electron chi connectivity index (χ4n) is 3.34. The number of benzene rings is 3. The average molecular weight is 302 g/mol. The number of carbonyl (C=O) groups is 1. The predicted molar refractivity (Wildman–Crippen MR) is 88.7 cm³/mol. The first kappa shape index (κ1) is 13.6. The molecule has 3 aromatic rings. The van der Waals surface area contributed by atoms with Gasteiger partial charge in [-0.1, -0.05) is 54.6 Å². The van der Waals surface area contributed by atoms with Crippen molar-refractivity contribution < 1.29 is 15.0 Å². The highest BCUT2D eigenvalue weighted by Gasteiger charge is 2.23. The van der Waals surface area contributed by atoms with Crippen LogP contribution in [0.5, 0.6) is 5.75 Å². The number of carboxylic acid groups (broad SMARTS) is 1. The second-order valence-electron chi connectivity index (χ2n) is 5.67. The zero-order valence-electron chi connectivity index (χ0n) is 12.3. The van der Waals surface area contributed by atoms with Crippen molar-refractivity contribution in [3.8, 4) is 28.0 Å². The van der Waals surface area contributed by atoms with Gasteiger partial charge in [0, 0.05) is 5.56 Å². The molecule has 0 heterocycles. The minimum absolute atomic E-state index is 0.0735. The Bertz CT molecular complexity index is 941. The van der Waals surface area contributed by atoms with Gasteiger partial charge in [-0.05, 0) is 40.3 Å². The van der Waals surface area contributed by atoms with Crippen LogP contribution >= 0.6 is 0 Å². The van der Waals surface area contributed by atoms with Gasteiger partial charge in [-0.3, -0.25) is 0 Å². The summed E-state index contributed by atoms with van der Waals surface area (Å²) in [6.45, 7) is 0. The third-order valence-electron chi connectivity index (χ3n) is 4.41. The van der Waals surface area contributed by atoms with Crippen molar-refractivity contribution in [3.05, 3.63) is 77.4 Å². The minimum Gasteiger partial charge on any atom is -0.506 e. The molecule has 23 heavy (non-hydrogen) atoms. The van der Waals surface area contributed by atoms with Crippen LogP contribution in [0.1, 0.15) is 21.5 Å². The van der Waals surface area contributed by atoms with Gasteiger partial charge in [0.05, 0.1) is 0 Å². The molecule has 2 N–H and O–H groups in total. The molecule has 0 saturated carbocycles. The van der Waals surface area contributed by atoms with Gasteiger partial charge in [0.1, 0.15) is 11.3 Å². The number of hydrogen-bond donors (Lipinski definition) is 2. The molecule has 3 nitrogen and oxygen atoms in total. The number of rotatable bonds is 2. The van der Waals surface area contributed by atoms with E-state index in [2.05, 4.69) is 18.2 Å². The number of para-hydroxylation sites is 1. The van der Waals surface area contributed by atoms with Gasteiger partial charge in [-0.2, -0.15) is 0 Å². The second kappa shape index (κ2) is 4.99. The van der Waals surface area contributed by atoms with E-state index in [1.54, 1.807) is 12.1 Å². The summed E-state index contributed by atoms with van der Waals surface area (Å²) in [4.78, 5) is 11.3. The molecule has 112 valence electrons. The fourth-order valence-corrected chi connectivity index (χ4v) is 3.34. The Morgan fingerprint density at radius 2 is 1.39 bits per heavy atom. The second-order valence-corrected chi connectivity index (χ2v) is 5.67. The molecule has 0 aliphatic heterocycles. The number of phenols is 1. The number of hydrogen-bond acceptors (Lipinski definition) is 2. The predicted octanol–water partition coefficient (Wildman–Crippen LogP) is 4.33. The van der Waals surface area contributed by atoms with E-state index < -0.39 is 5.97 Å². The summed E-state index contributed by atoms with van der Waals surface area (Å²) in [6.07, 6.45) is 0.790. The lowest BCUT2D eigenvalue weighted by Crippen LogP contribution is -1.98. The molecule has 0 unspecified atom stereocenters. The van der Waals surface area contributed by atoms with E-state index in [9.17, 15) is 15.0 Å². The number of fused-ring (bicyclic) bond motifs is 3. The molecule has 3 heteroatoms. The molecule has 0 bridgehead atoms. The van der Waals surface area contributed by atoms with Gasteiger partial charge in [0.2, 0.25) is 0 Å². The third kappa shape index (κ3) is 2.01. The SMILES string of the molecule is O=C(O)c1cccc(-c2cccc3c2Cc2ccccc2-3)c1O. The lowest BCUT2D eigenvalue weighted by Gasteiger charge is -2.12. The molecular formula is C20H14O3. The first-order chi connectivity index (χ1) is 11.2. The molecule has 1 aliphatic rings. The Kier molecular flexibility index (Phi) is 2.95. The number of carboxylic acids is 1. The Morgan fingerprint density at radius 3 is 2.17 bits per heavy atom. The van der Waals surface area contributed by atoms with Crippen LogP contribution in [0, 0.1) is 0 Å². The molecule has 1 aliphatic carbocycles. The Labute approximate surface area is 133 Å². The molecule has 0 saturated heterocycles. The first-order valence-electron chi connectivity index (χ1n) is 7.42. The van der Waals surface area contributed by atoms with Crippen molar-refractivity contribution in [2.45, 2.75) is 6.42 Å². The Balaban J connectivity index is 1.94. The van der Waals surface area contributed by atoms with Crippen LogP contribution in [0.25, 0.3) is 22.3 Å². The summed E-state index contributed by atoms with van der Waals surface area (Å²) in [6, 6.07) is 19.0. The Hall–Kier alpha value is -3.07. The standard InChI is InChI=1S/C20H14O3/c21-19-16(9-4-10-17(19)20(22)23)15-8-3-7-14-13-6-2-1-5-12(13)11-18(14)15/h1-10,21H,11H2,(H,22,23). The largest absolute Gasteiger partial charge is 0.506 e. The summed E-state index contributed by atoms with van der Waals surface area (Å²) in [5.74, 6) is -1.30. The smallest absolute Gasteiger partial charge is 0.339 e. The van der Waals surface area contributed by atoms with Gasteiger partial charge < -0.3 is 10.2 Å². The molecule has 0 atom stereocenters. The molecule has 0 amide bonds. The maximum atomic E-state index is 11.3. The highest BCUT2D eigenvalue weighted by molar-refractivity contribution is 5.95. The maximum Gasteiger partial charge on any atom is 0.339 e. The molecule has 0 fully saturated rings. The van der Waals surface area contributed by atoms with Gasteiger partial charge in [0.15, 0.2) is 0 Å². The summed E-state index contributed by atoms with van der Waals surface area (Å²) in [7, 11) is 0. The first-order valence-corrected chi connectivity index (χ1v) is 7.42. The van der Waals surface area contributed by atoms with E-state index in [-0.39, 0.29) is 11.3 Å². The van der Waals surface area contributed by atoms with E-state index in [0.717, 1.165) is 23.1 Å². The lowest BCUT2D eigenvalue weighted by molar-refractivity contribution is 0.0694. The Morgan fingerprint density at radius 1 is 0.783 bits per heavy atom. The fraction of sp³-hybridized carbons (Fsp3) is 0.0500. The summed E-state index contributed by atoms with van der Waals surface area (Å²) in [5.41, 5.74) is 6.12. The molecule has 0 radical (unpaired) electrons. The van der Waals surface area contributed by atoms with Gasteiger partial charge >= 0.3 is 5.97 Å². The maximum absolute atomic E-state index is 11.3. The zero-order valence-corrected chi connectivity index (χ0v) is 12.3. The van der Waals surface area contributed by atoms with Crippen LogP contribution in [0.2, 0.25) is 0 Å². The van der Waals surface area contributed by atoms with E-state index >= 15 is 0 Å². The van der Waals surface area contributed by atoms with Crippen LogP contribution in [0.15, 0.2) is 60.7 Å². The van der Waals surface area contributed by atoms with Crippen molar-refractivity contribution in [1.29, 1.82) is 0 Å². The van der Waals surface area contributed by atoms with E-state index in [1.807, 2.05) is 24.3 Å². The highest BCUT2D eigenvalue weighted by atomic mass is 16.4. The van der Waals surface area contributed by atoms with Crippen LogP contribution in [-0.2, 0) is 6.42 Å².